The molecule has 0 radical (unpaired) electrons. The van der Waals surface area contributed by atoms with E-state index < -0.39 is 0 Å². The summed E-state index contributed by atoms with van der Waals surface area (Å²) in [4.78, 5) is 0. The van der Waals surface area contributed by atoms with Crippen molar-refractivity contribution in [3.8, 4) is 0 Å². The summed E-state index contributed by atoms with van der Waals surface area (Å²) in [6, 6.07) is 0. The SMILES string of the molecule is CCCCCCOC(=S)S.[KH]. The molecule has 0 amide bonds. The van der Waals surface area contributed by atoms with Crippen molar-refractivity contribution in [2.24, 2.45) is 0 Å². The standard InChI is InChI=1S/C7H14OS2.K.H/c1-2-3-4-5-6-8-7(9)10;;/h2-6H2,1H3,(H,9,10);;. The van der Waals surface area contributed by atoms with Gasteiger partial charge in [0.1, 0.15) is 0 Å². The summed E-state index contributed by atoms with van der Waals surface area (Å²) in [6.07, 6.45) is 4.86. The molecule has 0 N–H and O–H groups in total. The van der Waals surface area contributed by atoms with E-state index in [0.717, 1.165) is 13.0 Å². The van der Waals surface area contributed by atoms with Gasteiger partial charge >= 0.3 is 51.4 Å². The number of hydrogen-bond acceptors (Lipinski definition) is 2. The van der Waals surface area contributed by atoms with Gasteiger partial charge in [0.25, 0.3) is 0 Å². The van der Waals surface area contributed by atoms with Crippen LogP contribution in [0.4, 0.5) is 0 Å². The van der Waals surface area contributed by atoms with E-state index in [-0.39, 0.29) is 51.4 Å². The molecule has 0 saturated carbocycles. The van der Waals surface area contributed by atoms with E-state index in [0.29, 0.717) is 4.38 Å². The van der Waals surface area contributed by atoms with E-state index in [1.165, 1.54) is 19.3 Å². The van der Waals surface area contributed by atoms with E-state index in [1.807, 2.05) is 0 Å². The van der Waals surface area contributed by atoms with Gasteiger partial charge in [-0.1, -0.05) is 38.8 Å². The van der Waals surface area contributed by atoms with Crippen LogP contribution < -0.4 is 0 Å². The third-order valence-corrected chi connectivity index (χ3v) is 1.47. The Labute approximate surface area is 122 Å². The van der Waals surface area contributed by atoms with Gasteiger partial charge in [-0.15, -0.1) is 0 Å². The monoisotopic (exact) mass is 218 g/mol. The van der Waals surface area contributed by atoms with Crippen molar-refractivity contribution >= 4 is 80.6 Å². The molecule has 0 aromatic rings. The van der Waals surface area contributed by atoms with Crippen molar-refractivity contribution in [1.29, 1.82) is 0 Å². The third kappa shape index (κ3) is 14.7. The number of ether oxygens (including phenoxy) is 1. The molecule has 0 aliphatic heterocycles. The fourth-order valence-electron chi connectivity index (χ4n) is 0.688. The van der Waals surface area contributed by atoms with Crippen LogP contribution in [0.1, 0.15) is 32.6 Å². The maximum atomic E-state index is 4.98. The molecule has 0 atom stereocenters. The summed E-state index contributed by atoms with van der Waals surface area (Å²) in [7, 11) is 0. The van der Waals surface area contributed by atoms with Crippen LogP contribution in [0.2, 0.25) is 0 Å². The van der Waals surface area contributed by atoms with E-state index in [1.54, 1.807) is 0 Å². The predicted octanol–water partition coefficient (Wildman–Crippen LogP) is 2.15. The predicted molar refractivity (Wildman–Crippen MR) is 58.8 cm³/mol. The van der Waals surface area contributed by atoms with Crippen molar-refractivity contribution in [3.05, 3.63) is 0 Å². The Kier molecular flexibility index (Phi) is 16.6. The molecule has 62 valence electrons. The number of thiocarbonyl (C=S) groups is 1. The quantitative estimate of drug-likeness (QED) is 0.328. The van der Waals surface area contributed by atoms with E-state index >= 15 is 0 Å². The Morgan fingerprint density at radius 1 is 1.36 bits per heavy atom. The first-order valence-electron chi connectivity index (χ1n) is 3.63. The molecular weight excluding hydrogens is 203 g/mol. The van der Waals surface area contributed by atoms with Crippen LogP contribution in [0.25, 0.3) is 0 Å². The molecule has 0 fully saturated rings. The van der Waals surface area contributed by atoms with Crippen LogP contribution in [0.3, 0.4) is 0 Å². The molecule has 1 nitrogen and oxygen atoms in total. The van der Waals surface area contributed by atoms with Gasteiger partial charge in [-0.2, -0.15) is 0 Å². The van der Waals surface area contributed by atoms with Gasteiger partial charge < -0.3 is 4.74 Å². The molecule has 0 aromatic carbocycles. The average Bonchev–Trinajstić information content (AvgIpc) is 1.87. The van der Waals surface area contributed by atoms with E-state index in [2.05, 4.69) is 31.8 Å². The minimum atomic E-state index is 0. The Morgan fingerprint density at radius 3 is 2.45 bits per heavy atom. The second-order valence-electron chi connectivity index (χ2n) is 2.18. The van der Waals surface area contributed by atoms with Crippen molar-refractivity contribution in [1.82, 2.24) is 0 Å². The second-order valence-corrected chi connectivity index (χ2v) is 3.25. The molecule has 0 aromatic heterocycles. The zero-order valence-electron chi connectivity index (χ0n) is 6.30. The maximum absolute atomic E-state index is 4.98. The van der Waals surface area contributed by atoms with Gasteiger partial charge in [-0.3, -0.25) is 0 Å². The average molecular weight is 218 g/mol. The van der Waals surface area contributed by atoms with Crippen LogP contribution in [-0.2, 0) is 4.74 Å². The molecule has 0 spiro atoms. The molecule has 0 saturated heterocycles. The molecule has 0 aliphatic rings. The summed E-state index contributed by atoms with van der Waals surface area (Å²) >= 11 is 8.45. The number of thiol groups is 1. The first kappa shape index (κ1) is 15.4. The van der Waals surface area contributed by atoms with Crippen molar-refractivity contribution in [3.63, 3.8) is 0 Å². The summed E-state index contributed by atoms with van der Waals surface area (Å²) in [6.45, 7) is 2.91. The third-order valence-electron chi connectivity index (χ3n) is 1.22. The van der Waals surface area contributed by atoms with Crippen LogP contribution in [-0.4, -0.2) is 62.4 Å². The van der Waals surface area contributed by atoms with Gasteiger partial charge in [-0.05, 0) is 18.6 Å². The molecule has 4 heteroatoms. The summed E-state index contributed by atoms with van der Waals surface area (Å²) < 4.78 is 5.34. The van der Waals surface area contributed by atoms with Crippen LogP contribution in [0.15, 0.2) is 0 Å². The van der Waals surface area contributed by atoms with Crippen LogP contribution in [0, 0.1) is 0 Å². The summed E-state index contributed by atoms with van der Waals surface area (Å²) in [5, 5.41) is 0. The fraction of sp³-hybridized carbons (Fsp3) is 0.857. The van der Waals surface area contributed by atoms with Gasteiger partial charge in [-0.25, -0.2) is 0 Å². The van der Waals surface area contributed by atoms with Gasteiger partial charge in [0.2, 0.25) is 4.38 Å². The topological polar surface area (TPSA) is 9.23 Å². The normalized spacial score (nSPS) is 8.55. The Morgan fingerprint density at radius 2 is 2.00 bits per heavy atom. The number of rotatable bonds is 5. The van der Waals surface area contributed by atoms with E-state index in [9.17, 15) is 0 Å². The van der Waals surface area contributed by atoms with E-state index in [4.69, 9.17) is 4.74 Å². The van der Waals surface area contributed by atoms with Crippen molar-refractivity contribution in [2.45, 2.75) is 32.6 Å². The molecule has 11 heavy (non-hydrogen) atoms. The first-order valence-corrected chi connectivity index (χ1v) is 4.48. The Bertz CT molecular complexity index is 98.4. The molecule has 0 heterocycles. The zero-order valence-corrected chi connectivity index (χ0v) is 8.01. The fourth-order valence-corrected chi connectivity index (χ4v) is 0.863. The summed E-state index contributed by atoms with van der Waals surface area (Å²) in [5.74, 6) is 0. The minimum absolute atomic E-state index is 0. The molecule has 0 aliphatic carbocycles. The molecule has 0 bridgehead atoms. The van der Waals surface area contributed by atoms with Crippen molar-refractivity contribution in [2.75, 3.05) is 6.61 Å². The Balaban J connectivity index is 0. The zero-order chi connectivity index (χ0) is 7.82. The molecule has 0 unspecified atom stereocenters. The molecular formula is C7H15KOS2. The second kappa shape index (κ2) is 11.9. The van der Waals surface area contributed by atoms with Crippen LogP contribution in [0.5, 0.6) is 0 Å². The summed E-state index contributed by atoms with van der Waals surface area (Å²) in [5.41, 5.74) is 0. The van der Waals surface area contributed by atoms with Crippen LogP contribution >= 0.6 is 24.8 Å². The van der Waals surface area contributed by atoms with Gasteiger partial charge in [0, 0.05) is 0 Å². The Hall–Kier alpha value is 1.88. The molecule has 0 rings (SSSR count). The van der Waals surface area contributed by atoms with Gasteiger partial charge in [0.15, 0.2) is 0 Å². The first-order chi connectivity index (χ1) is 4.77. The number of unbranched alkanes of at least 4 members (excludes halogenated alkanes) is 3. The number of hydrogen-bond donors (Lipinski definition) is 1. The van der Waals surface area contributed by atoms with Crippen molar-refractivity contribution < 1.29 is 4.74 Å². The van der Waals surface area contributed by atoms with Gasteiger partial charge in [0.05, 0.1) is 6.61 Å².